The number of amides is 1. The molecule has 112 valence electrons. The van der Waals surface area contributed by atoms with Crippen molar-refractivity contribution in [1.82, 2.24) is 15.3 Å². The van der Waals surface area contributed by atoms with E-state index < -0.39 is 0 Å². The predicted molar refractivity (Wildman–Crippen MR) is 81.0 cm³/mol. The molecule has 0 unspecified atom stereocenters. The Morgan fingerprint density at radius 1 is 1.41 bits per heavy atom. The zero-order valence-corrected chi connectivity index (χ0v) is 12.4. The number of hydrogen-bond acceptors (Lipinski definition) is 5. The van der Waals surface area contributed by atoms with Gasteiger partial charge in [0.15, 0.2) is 0 Å². The van der Waals surface area contributed by atoms with Crippen molar-refractivity contribution >= 4 is 28.4 Å². The molecule has 2 aromatic heterocycles. The summed E-state index contributed by atoms with van der Waals surface area (Å²) < 4.78 is 10.8. The average Bonchev–Trinajstić information content (AvgIpc) is 3.03. The summed E-state index contributed by atoms with van der Waals surface area (Å²) in [6, 6.07) is 7.18. The predicted octanol–water partition coefficient (Wildman–Crippen LogP) is 2.81. The van der Waals surface area contributed by atoms with Gasteiger partial charge in [-0.1, -0.05) is 11.6 Å². The van der Waals surface area contributed by atoms with Gasteiger partial charge in [0, 0.05) is 18.6 Å². The van der Waals surface area contributed by atoms with E-state index in [-0.39, 0.29) is 18.4 Å². The van der Waals surface area contributed by atoms with E-state index in [2.05, 4.69) is 15.3 Å². The molecule has 0 saturated heterocycles. The molecule has 0 fully saturated rings. The lowest BCUT2D eigenvalue weighted by molar-refractivity contribution is 0.0928. The third-order valence-electron chi connectivity index (χ3n) is 3.03. The number of aromatic nitrogens is 2. The smallest absolute Gasteiger partial charge is 0.306 e. The zero-order chi connectivity index (χ0) is 15.5. The van der Waals surface area contributed by atoms with Crippen LogP contribution in [0.25, 0.3) is 10.9 Å². The Labute approximate surface area is 131 Å². The molecule has 7 heteroatoms. The lowest BCUT2D eigenvalue weighted by atomic mass is 10.2. The van der Waals surface area contributed by atoms with Crippen LogP contribution in [0.5, 0.6) is 5.75 Å². The highest BCUT2D eigenvalue weighted by Crippen LogP contribution is 2.29. The first kappa shape index (κ1) is 14.3. The minimum atomic E-state index is -0.384. The van der Waals surface area contributed by atoms with Crippen molar-refractivity contribution in [2.24, 2.45) is 0 Å². The van der Waals surface area contributed by atoms with E-state index in [0.29, 0.717) is 22.0 Å². The fraction of sp³-hybridized carbons (Fsp3) is 0.133. The number of benzene rings is 1. The molecule has 3 rings (SSSR count). The van der Waals surface area contributed by atoms with Gasteiger partial charge in [-0.3, -0.25) is 9.78 Å². The maximum atomic E-state index is 11.4. The Kier molecular flexibility index (Phi) is 3.93. The molecule has 6 nitrogen and oxygen atoms in total. The van der Waals surface area contributed by atoms with Crippen molar-refractivity contribution in [3.8, 4) is 5.75 Å². The number of nitrogens with zero attached hydrogens (tertiary/aromatic N) is 2. The number of pyridine rings is 1. The monoisotopic (exact) mass is 317 g/mol. The van der Waals surface area contributed by atoms with E-state index in [4.69, 9.17) is 20.8 Å². The molecule has 0 bridgehead atoms. The molecule has 3 aromatic rings. The topological polar surface area (TPSA) is 77.2 Å². The van der Waals surface area contributed by atoms with Crippen LogP contribution < -0.4 is 10.1 Å². The fourth-order valence-corrected chi connectivity index (χ4v) is 2.18. The van der Waals surface area contributed by atoms with Gasteiger partial charge in [0.2, 0.25) is 0 Å². The van der Waals surface area contributed by atoms with Gasteiger partial charge in [-0.05, 0) is 24.3 Å². The fourth-order valence-electron chi connectivity index (χ4n) is 1.96. The van der Waals surface area contributed by atoms with Gasteiger partial charge in [-0.25, -0.2) is 4.98 Å². The summed E-state index contributed by atoms with van der Waals surface area (Å²) >= 11 is 6.13. The van der Waals surface area contributed by atoms with Crippen LogP contribution in [0.1, 0.15) is 16.4 Å². The lowest BCUT2D eigenvalue weighted by Crippen LogP contribution is -2.18. The molecule has 22 heavy (non-hydrogen) atoms. The van der Waals surface area contributed by atoms with Gasteiger partial charge in [0.05, 0.1) is 5.02 Å². The quantitative estimate of drug-likeness (QED) is 0.800. The number of carbonyl (C=O) groups excluding carboxylic acids is 1. The van der Waals surface area contributed by atoms with E-state index in [1.807, 2.05) is 12.1 Å². The second-order valence-electron chi connectivity index (χ2n) is 4.46. The Bertz CT molecular complexity index is 832. The third-order valence-corrected chi connectivity index (χ3v) is 3.36. The minimum absolute atomic E-state index is 0.000175. The number of ether oxygens (including phenoxy) is 1. The number of nitrogens with one attached hydrogen (secondary N) is 1. The van der Waals surface area contributed by atoms with E-state index in [9.17, 15) is 4.79 Å². The summed E-state index contributed by atoms with van der Waals surface area (Å²) in [6.07, 6.45) is 3.06. The summed E-state index contributed by atoms with van der Waals surface area (Å²) in [5.41, 5.74) is 1.18. The number of hydrogen-bond donors (Lipinski definition) is 1. The molecule has 0 spiro atoms. The van der Waals surface area contributed by atoms with Crippen molar-refractivity contribution < 1.29 is 13.9 Å². The van der Waals surface area contributed by atoms with Gasteiger partial charge < -0.3 is 14.5 Å². The third kappa shape index (κ3) is 2.73. The summed E-state index contributed by atoms with van der Waals surface area (Å²) in [4.78, 5) is 19.7. The number of oxazole rings is 1. The highest BCUT2D eigenvalue weighted by molar-refractivity contribution is 6.35. The molecular weight excluding hydrogens is 306 g/mol. The summed E-state index contributed by atoms with van der Waals surface area (Å²) in [5, 5.41) is 3.86. The molecule has 0 saturated carbocycles. The Morgan fingerprint density at radius 3 is 3.09 bits per heavy atom. The van der Waals surface area contributed by atoms with Crippen LogP contribution in [-0.2, 0) is 6.61 Å². The van der Waals surface area contributed by atoms with E-state index in [0.717, 1.165) is 5.39 Å². The largest absolute Gasteiger partial charge is 0.485 e. The van der Waals surface area contributed by atoms with Crippen molar-refractivity contribution in [1.29, 1.82) is 0 Å². The molecule has 1 N–H and O–H groups in total. The molecule has 0 aliphatic heterocycles. The molecule has 0 aliphatic carbocycles. The summed E-state index contributed by atoms with van der Waals surface area (Å²) in [7, 11) is 1.51. The first-order valence-corrected chi connectivity index (χ1v) is 6.89. The molecule has 2 heterocycles. The van der Waals surface area contributed by atoms with Gasteiger partial charge in [0.25, 0.3) is 5.89 Å². The second-order valence-corrected chi connectivity index (χ2v) is 4.86. The number of rotatable bonds is 4. The normalized spacial score (nSPS) is 10.6. The van der Waals surface area contributed by atoms with Crippen LogP contribution in [0.3, 0.4) is 0 Å². The second kappa shape index (κ2) is 6.03. The Morgan fingerprint density at radius 2 is 2.27 bits per heavy atom. The van der Waals surface area contributed by atoms with Crippen molar-refractivity contribution in [2.75, 3.05) is 7.05 Å². The van der Waals surface area contributed by atoms with Crippen molar-refractivity contribution in [2.45, 2.75) is 6.61 Å². The lowest BCUT2D eigenvalue weighted by Gasteiger charge is -2.08. The summed E-state index contributed by atoms with van der Waals surface area (Å²) in [5.74, 6) is 0.203. The number of fused-ring (bicyclic) bond motifs is 1. The van der Waals surface area contributed by atoms with Gasteiger partial charge >= 0.3 is 5.91 Å². The van der Waals surface area contributed by atoms with Gasteiger partial charge in [0.1, 0.15) is 29.8 Å². The van der Waals surface area contributed by atoms with Crippen molar-refractivity contribution in [3.63, 3.8) is 0 Å². The molecule has 0 aliphatic rings. The molecule has 0 radical (unpaired) electrons. The molecule has 1 aromatic carbocycles. The maximum Gasteiger partial charge on any atom is 0.306 e. The van der Waals surface area contributed by atoms with Gasteiger partial charge in [-0.15, -0.1) is 0 Å². The zero-order valence-electron chi connectivity index (χ0n) is 11.7. The average molecular weight is 318 g/mol. The summed E-state index contributed by atoms with van der Waals surface area (Å²) in [6.45, 7) is 0.161. The van der Waals surface area contributed by atoms with E-state index in [1.165, 1.54) is 13.3 Å². The SMILES string of the molecule is CNC(=O)c1nc(COc2ccc(Cl)c3cccnc23)co1. The highest BCUT2D eigenvalue weighted by atomic mass is 35.5. The van der Waals surface area contributed by atoms with Crippen LogP contribution >= 0.6 is 11.6 Å². The van der Waals surface area contributed by atoms with Crippen LogP contribution in [0.2, 0.25) is 5.02 Å². The Hall–Kier alpha value is -2.60. The highest BCUT2D eigenvalue weighted by Gasteiger charge is 2.12. The Balaban J connectivity index is 1.81. The number of carbonyl (C=O) groups is 1. The van der Waals surface area contributed by atoms with Crippen LogP contribution in [0, 0.1) is 0 Å². The first-order valence-electron chi connectivity index (χ1n) is 6.51. The standard InChI is InChI=1S/C15H12ClN3O3/c1-17-14(20)15-19-9(8-22-15)7-21-12-5-4-11(16)10-3-2-6-18-13(10)12/h2-6,8H,7H2,1H3,(H,17,20). The molecule has 1 amide bonds. The van der Waals surface area contributed by atoms with E-state index >= 15 is 0 Å². The maximum absolute atomic E-state index is 11.4. The van der Waals surface area contributed by atoms with E-state index in [1.54, 1.807) is 18.3 Å². The first-order chi connectivity index (χ1) is 10.7. The van der Waals surface area contributed by atoms with Crippen LogP contribution in [0.4, 0.5) is 0 Å². The minimum Gasteiger partial charge on any atom is -0.485 e. The van der Waals surface area contributed by atoms with Gasteiger partial charge in [-0.2, -0.15) is 0 Å². The molecular formula is C15H12ClN3O3. The van der Waals surface area contributed by atoms with Crippen LogP contribution in [0.15, 0.2) is 41.1 Å². The number of halogens is 1. The molecule has 0 atom stereocenters. The van der Waals surface area contributed by atoms with Crippen molar-refractivity contribution in [3.05, 3.63) is 53.3 Å². The van der Waals surface area contributed by atoms with Crippen LogP contribution in [-0.4, -0.2) is 22.9 Å².